The molecule has 1 atom stereocenters. The van der Waals surface area contributed by atoms with Crippen LogP contribution in [0.15, 0.2) is 30.3 Å². The number of hydrogen-bond acceptors (Lipinski definition) is 4. The molecule has 0 heterocycles. The van der Waals surface area contributed by atoms with Crippen molar-refractivity contribution in [2.24, 2.45) is 17.3 Å². The topological polar surface area (TPSA) is 144 Å². The number of hydrazine groups is 1. The predicted molar refractivity (Wildman–Crippen MR) is 62.7 cm³/mol. The van der Waals surface area contributed by atoms with E-state index in [2.05, 4.69) is 11.6 Å². The van der Waals surface area contributed by atoms with E-state index < -0.39 is 18.0 Å². The van der Waals surface area contributed by atoms with E-state index in [1.807, 2.05) is 30.3 Å². The molecule has 0 spiro atoms. The summed E-state index contributed by atoms with van der Waals surface area (Å²) < 4.78 is 0. The van der Waals surface area contributed by atoms with Crippen LogP contribution in [0, 0.1) is 0 Å². The monoisotopic (exact) mass is 240 g/mol. The molecule has 7 nitrogen and oxygen atoms in total. The minimum Gasteiger partial charge on any atom is -0.480 e. The average Bonchev–Trinajstić information content (AvgIpc) is 2.31. The highest BCUT2D eigenvalue weighted by Gasteiger charge is 2.10. The Morgan fingerprint density at radius 2 is 1.76 bits per heavy atom. The molecule has 0 aliphatic heterocycles. The predicted octanol–water partition coefficient (Wildman–Crippen LogP) is -0.831. The molecule has 0 aromatic heterocycles. The van der Waals surface area contributed by atoms with E-state index in [4.69, 9.17) is 10.8 Å². The Hall–Kier alpha value is -2.12. The Morgan fingerprint density at radius 3 is 2.12 bits per heavy atom. The number of nitrogens with two attached hydrogens (primary N) is 3. The van der Waals surface area contributed by atoms with Gasteiger partial charge in [0.05, 0.1) is 0 Å². The maximum absolute atomic E-state index is 10.4. The van der Waals surface area contributed by atoms with Crippen LogP contribution >= 0.6 is 0 Å². The third kappa shape index (κ3) is 7.77. The Balaban J connectivity index is 0.000000437. The zero-order valence-corrected chi connectivity index (χ0v) is 9.17. The summed E-state index contributed by atoms with van der Waals surface area (Å²) >= 11 is 0. The summed E-state index contributed by atoms with van der Waals surface area (Å²) in [6.07, 6.45) is 0.385. The molecule has 0 fully saturated rings. The van der Waals surface area contributed by atoms with Gasteiger partial charge in [-0.25, -0.2) is 10.6 Å². The molecule has 1 aromatic rings. The number of aliphatic carboxylic acids is 1. The molecule has 2 amide bonds. The van der Waals surface area contributed by atoms with Gasteiger partial charge in [0.2, 0.25) is 0 Å². The van der Waals surface area contributed by atoms with Gasteiger partial charge >= 0.3 is 12.0 Å². The maximum Gasteiger partial charge on any atom is 0.326 e. The molecule has 1 rings (SSSR count). The van der Waals surface area contributed by atoms with Gasteiger partial charge in [-0.2, -0.15) is 0 Å². The van der Waals surface area contributed by atoms with Crippen LogP contribution in [0.25, 0.3) is 0 Å². The van der Waals surface area contributed by atoms with Gasteiger partial charge in [0.1, 0.15) is 6.04 Å². The van der Waals surface area contributed by atoms with Gasteiger partial charge in [-0.3, -0.25) is 10.2 Å². The Labute approximate surface area is 98.6 Å². The number of amides is 2. The van der Waals surface area contributed by atoms with Crippen LogP contribution in [0.3, 0.4) is 0 Å². The fraction of sp³-hybridized carbons (Fsp3) is 0.200. The highest BCUT2D eigenvalue weighted by Crippen LogP contribution is 2.01. The first-order valence-corrected chi connectivity index (χ1v) is 4.75. The molecule has 0 saturated heterocycles. The highest BCUT2D eigenvalue weighted by molar-refractivity contribution is 5.73. The van der Waals surface area contributed by atoms with Gasteiger partial charge < -0.3 is 16.6 Å². The Bertz CT molecular complexity index is 356. The maximum atomic E-state index is 10.4. The number of benzene rings is 1. The van der Waals surface area contributed by atoms with E-state index in [9.17, 15) is 9.59 Å². The number of carbonyl (C=O) groups excluding carboxylic acids is 1. The van der Waals surface area contributed by atoms with Crippen molar-refractivity contribution >= 4 is 12.0 Å². The molecule has 0 bridgehead atoms. The van der Waals surface area contributed by atoms with Crippen molar-refractivity contribution in [3.8, 4) is 0 Å². The summed E-state index contributed by atoms with van der Waals surface area (Å²) in [4.78, 5) is 19.7. The summed E-state index contributed by atoms with van der Waals surface area (Å²) in [5.41, 5.74) is 12.4. The molecule has 1 aromatic carbocycles. The summed E-state index contributed by atoms with van der Waals surface area (Å²) in [5.74, 6) is 3.49. The van der Waals surface area contributed by atoms with E-state index in [1.165, 1.54) is 0 Å². The van der Waals surface area contributed by atoms with Gasteiger partial charge in [0.15, 0.2) is 0 Å². The number of rotatable bonds is 3. The lowest BCUT2D eigenvalue weighted by atomic mass is 10.1. The molecule has 0 radical (unpaired) electrons. The van der Waals surface area contributed by atoms with Crippen molar-refractivity contribution < 1.29 is 14.7 Å². The molecule has 0 aliphatic rings. The molecular weight excluding hydrogens is 224 g/mol. The molecular formula is C10H16N4O3. The van der Waals surface area contributed by atoms with Gasteiger partial charge in [-0.15, -0.1) is 0 Å². The number of carboxylic acid groups (broad SMARTS) is 1. The molecule has 0 aliphatic carbocycles. The van der Waals surface area contributed by atoms with Crippen LogP contribution < -0.4 is 22.7 Å². The zero-order chi connectivity index (χ0) is 13.3. The van der Waals surface area contributed by atoms with Crippen molar-refractivity contribution in [1.29, 1.82) is 0 Å². The van der Waals surface area contributed by atoms with Crippen LogP contribution in [0.4, 0.5) is 4.79 Å². The fourth-order valence-corrected chi connectivity index (χ4v) is 0.955. The lowest BCUT2D eigenvalue weighted by Gasteiger charge is -2.04. The van der Waals surface area contributed by atoms with Crippen molar-refractivity contribution in [3.05, 3.63) is 35.9 Å². The number of urea groups is 1. The van der Waals surface area contributed by atoms with Gasteiger partial charge in [-0.05, 0) is 12.0 Å². The number of hydrogen-bond donors (Lipinski definition) is 5. The second kappa shape index (κ2) is 8.08. The van der Waals surface area contributed by atoms with Crippen molar-refractivity contribution in [2.75, 3.05) is 0 Å². The third-order valence-corrected chi connectivity index (χ3v) is 1.76. The largest absolute Gasteiger partial charge is 0.480 e. The van der Waals surface area contributed by atoms with Crippen LogP contribution in [0.1, 0.15) is 5.56 Å². The number of carboxylic acids is 1. The standard InChI is InChI=1S/C9H11NO2.CH5N3O/c10-8(9(11)12)6-7-4-2-1-3-5-7;2-1(5)4-3/h1-5,8H,6,10H2,(H,11,12);3H2,(H3,2,4,5). The summed E-state index contributed by atoms with van der Waals surface area (Å²) in [5, 5.41) is 8.52. The average molecular weight is 240 g/mol. The van der Waals surface area contributed by atoms with Crippen LogP contribution in [-0.2, 0) is 11.2 Å². The number of nitrogens with one attached hydrogen (secondary N) is 1. The van der Waals surface area contributed by atoms with Gasteiger partial charge in [0, 0.05) is 0 Å². The van der Waals surface area contributed by atoms with E-state index in [-0.39, 0.29) is 0 Å². The first-order valence-electron chi connectivity index (χ1n) is 4.75. The Kier molecular flexibility index (Phi) is 7.07. The highest BCUT2D eigenvalue weighted by atomic mass is 16.4. The van der Waals surface area contributed by atoms with Gasteiger partial charge in [0.25, 0.3) is 0 Å². The lowest BCUT2D eigenvalue weighted by molar-refractivity contribution is -0.138. The third-order valence-electron chi connectivity index (χ3n) is 1.76. The molecule has 94 valence electrons. The molecule has 8 N–H and O–H groups in total. The SMILES string of the molecule is NC(Cc1ccccc1)C(=O)O.NNC(N)=O. The van der Waals surface area contributed by atoms with Crippen molar-refractivity contribution in [1.82, 2.24) is 5.43 Å². The number of carbonyl (C=O) groups is 2. The first-order chi connectivity index (χ1) is 7.97. The lowest BCUT2D eigenvalue weighted by Crippen LogP contribution is -2.34. The molecule has 0 saturated carbocycles. The van der Waals surface area contributed by atoms with E-state index in [0.717, 1.165) is 5.56 Å². The van der Waals surface area contributed by atoms with Crippen molar-refractivity contribution in [3.63, 3.8) is 0 Å². The van der Waals surface area contributed by atoms with Crippen LogP contribution in [0.2, 0.25) is 0 Å². The second-order valence-electron chi connectivity index (χ2n) is 3.14. The normalized spacial score (nSPS) is 10.7. The summed E-state index contributed by atoms with van der Waals surface area (Å²) in [7, 11) is 0. The van der Waals surface area contributed by atoms with Crippen LogP contribution in [-0.4, -0.2) is 23.1 Å². The molecule has 17 heavy (non-hydrogen) atoms. The smallest absolute Gasteiger partial charge is 0.326 e. The van der Waals surface area contributed by atoms with E-state index >= 15 is 0 Å². The second-order valence-corrected chi connectivity index (χ2v) is 3.14. The van der Waals surface area contributed by atoms with E-state index in [0.29, 0.717) is 6.42 Å². The molecule has 7 heteroatoms. The zero-order valence-electron chi connectivity index (χ0n) is 9.17. The van der Waals surface area contributed by atoms with E-state index in [1.54, 1.807) is 5.43 Å². The molecule has 1 unspecified atom stereocenters. The minimum atomic E-state index is -0.959. The van der Waals surface area contributed by atoms with Crippen LogP contribution in [0.5, 0.6) is 0 Å². The quantitative estimate of drug-likeness (QED) is 0.266. The number of primary amides is 1. The van der Waals surface area contributed by atoms with Crippen molar-refractivity contribution in [2.45, 2.75) is 12.5 Å². The first kappa shape index (κ1) is 14.9. The summed E-state index contributed by atoms with van der Waals surface area (Å²) in [6, 6.07) is 7.83. The summed E-state index contributed by atoms with van der Waals surface area (Å²) in [6.45, 7) is 0. The Morgan fingerprint density at radius 1 is 1.29 bits per heavy atom. The van der Waals surface area contributed by atoms with Gasteiger partial charge in [-0.1, -0.05) is 30.3 Å². The minimum absolute atomic E-state index is 0.385. The fourth-order valence-electron chi connectivity index (χ4n) is 0.955.